The van der Waals surface area contributed by atoms with Crippen molar-refractivity contribution >= 4 is 29.2 Å². The van der Waals surface area contributed by atoms with E-state index >= 15 is 0 Å². The third kappa shape index (κ3) is 5.96. The summed E-state index contributed by atoms with van der Waals surface area (Å²) in [5.74, 6) is 0. The molecule has 3 aromatic rings. The van der Waals surface area contributed by atoms with Crippen LogP contribution in [0.2, 0.25) is 0 Å². The molecule has 0 N–H and O–H groups in total. The minimum absolute atomic E-state index is 0.708. The second-order valence-electron chi connectivity index (χ2n) is 9.30. The van der Waals surface area contributed by atoms with Gasteiger partial charge in [0.15, 0.2) is 0 Å². The van der Waals surface area contributed by atoms with Crippen LogP contribution >= 0.6 is 23.5 Å². The zero-order chi connectivity index (χ0) is 22.3. The maximum Gasteiger partial charge on any atom is 0.106 e. The molecule has 5 rings (SSSR count). The molecule has 1 aromatic heterocycles. The summed E-state index contributed by atoms with van der Waals surface area (Å²) in [6.07, 6.45) is 15.9. The molecule has 0 bridgehead atoms. The summed E-state index contributed by atoms with van der Waals surface area (Å²) in [5.41, 5.74) is 4.76. The number of nitrogens with zero attached hydrogens (tertiary/aromatic N) is 2. The van der Waals surface area contributed by atoms with Gasteiger partial charge in [0.2, 0.25) is 0 Å². The number of aromatic nitrogens is 2. The first kappa shape index (κ1) is 22.9. The Labute approximate surface area is 207 Å². The van der Waals surface area contributed by atoms with E-state index in [1.54, 1.807) is 0 Å². The zero-order valence-corrected chi connectivity index (χ0v) is 21.0. The van der Waals surface area contributed by atoms with Crippen LogP contribution in [0.25, 0.3) is 17.0 Å². The second kappa shape index (κ2) is 11.5. The average molecular weight is 475 g/mol. The lowest BCUT2D eigenvalue weighted by Gasteiger charge is -2.20. The maximum absolute atomic E-state index is 5.20. The Kier molecular flexibility index (Phi) is 7.95. The molecule has 2 fully saturated rings. The van der Waals surface area contributed by atoms with Crippen LogP contribution in [0.4, 0.5) is 0 Å². The Hall–Kier alpha value is -1.91. The number of hydrogen-bond acceptors (Lipinski definition) is 3. The van der Waals surface area contributed by atoms with E-state index in [1.807, 2.05) is 23.5 Å². The lowest BCUT2D eigenvalue weighted by Crippen LogP contribution is -2.07. The SMILES string of the molecule is C(/SC1CCCCC1)=C(/c1ccccc1)n1cc(SC2CCCCC2)c(-c2ccccc2)n1. The molecule has 0 atom stereocenters. The van der Waals surface area contributed by atoms with Crippen LogP contribution in [-0.2, 0) is 0 Å². The van der Waals surface area contributed by atoms with Crippen molar-refractivity contribution in [3.05, 3.63) is 77.8 Å². The third-order valence-corrected chi connectivity index (χ3v) is 9.39. The molecule has 4 heteroatoms. The van der Waals surface area contributed by atoms with E-state index in [0.717, 1.165) is 10.9 Å². The molecule has 2 aliphatic rings. The molecule has 0 unspecified atom stereocenters. The van der Waals surface area contributed by atoms with Crippen molar-refractivity contribution < 1.29 is 0 Å². The predicted octanol–water partition coefficient (Wildman–Crippen LogP) is 8.89. The third-order valence-electron chi connectivity index (χ3n) is 6.81. The second-order valence-corrected chi connectivity index (χ2v) is 11.8. The van der Waals surface area contributed by atoms with Crippen molar-refractivity contribution in [2.75, 3.05) is 0 Å². The molecular weight excluding hydrogens is 440 g/mol. The van der Waals surface area contributed by atoms with Crippen LogP contribution in [-0.4, -0.2) is 20.3 Å². The summed E-state index contributed by atoms with van der Waals surface area (Å²) in [5, 5.41) is 9.02. The lowest BCUT2D eigenvalue weighted by atomic mass is 10.0. The van der Waals surface area contributed by atoms with E-state index in [0.29, 0.717) is 5.25 Å². The predicted molar refractivity (Wildman–Crippen MR) is 145 cm³/mol. The molecule has 0 aliphatic heterocycles. The molecular formula is C29H34N2S2. The summed E-state index contributed by atoms with van der Waals surface area (Å²) < 4.78 is 2.15. The lowest BCUT2D eigenvalue weighted by molar-refractivity contribution is 0.516. The Balaban J connectivity index is 1.51. The molecule has 0 amide bonds. The van der Waals surface area contributed by atoms with E-state index in [9.17, 15) is 0 Å². The summed E-state index contributed by atoms with van der Waals surface area (Å²) in [7, 11) is 0. The summed E-state index contributed by atoms with van der Waals surface area (Å²) in [4.78, 5) is 1.32. The Bertz CT molecular complexity index is 1030. The molecule has 33 heavy (non-hydrogen) atoms. The van der Waals surface area contributed by atoms with Crippen molar-refractivity contribution in [2.24, 2.45) is 0 Å². The molecule has 2 nitrogen and oxygen atoms in total. The standard InChI is InChI=1S/C29H34N2S2/c1-5-13-23(14-6-1)27(22-32-25-17-9-3-10-18-25)31-21-28(33-26-19-11-4-12-20-26)29(30-31)24-15-7-2-8-16-24/h1-2,5-8,13-16,21-22,25-26H,3-4,9-12,17-20H2/b27-22+. The zero-order valence-electron chi connectivity index (χ0n) is 19.4. The van der Waals surface area contributed by atoms with Crippen molar-refractivity contribution in [3.63, 3.8) is 0 Å². The average Bonchev–Trinajstić information content (AvgIpc) is 3.30. The maximum atomic E-state index is 5.20. The molecule has 2 aliphatic carbocycles. The van der Waals surface area contributed by atoms with Crippen molar-refractivity contribution in [1.82, 2.24) is 9.78 Å². The van der Waals surface area contributed by atoms with Crippen LogP contribution < -0.4 is 0 Å². The van der Waals surface area contributed by atoms with Gasteiger partial charge in [-0.1, -0.05) is 99.2 Å². The first-order chi connectivity index (χ1) is 16.4. The van der Waals surface area contributed by atoms with Gasteiger partial charge in [0.1, 0.15) is 5.69 Å². The van der Waals surface area contributed by atoms with Gasteiger partial charge in [-0.15, -0.1) is 23.5 Å². The number of benzene rings is 2. The van der Waals surface area contributed by atoms with Gasteiger partial charge in [-0.05, 0) is 31.1 Å². The van der Waals surface area contributed by atoms with Gasteiger partial charge >= 0.3 is 0 Å². The number of thioether (sulfide) groups is 2. The van der Waals surface area contributed by atoms with Crippen LogP contribution in [0.1, 0.15) is 69.8 Å². The largest absolute Gasteiger partial charge is 0.238 e. The highest BCUT2D eigenvalue weighted by molar-refractivity contribution is 8.02. The fourth-order valence-corrected chi connectivity index (χ4v) is 7.48. The van der Waals surface area contributed by atoms with Gasteiger partial charge in [-0.2, -0.15) is 5.10 Å². The topological polar surface area (TPSA) is 17.8 Å². The number of hydrogen-bond donors (Lipinski definition) is 0. The van der Waals surface area contributed by atoms with Crippen LogP contribution in [0, 0.1) is 0 Å². The minimum Gasteiger partial charge on any atom is -0.238 e. The highest BCUT2D eigenvalue weighted by atomic mass is 32.2. The normalized spacial score (nSPS) is 18.5. The van der Waals surface area contributed by atoms with Crippen molar-refractivity contribution in [3.8, 4) is 11.3 Å². The van der Waals surface area contributed by atoms with E-state index in [-0.39, 0.29) is 0 Å². The summed E-state index contributed by atoms with van der Waals surface area (Å²) in [6, 6.07) is 21.5. The summed E-state index contributed by atoms with van der Waals surface area (Å²) in [6.45, 7) is 0. The number of rotatable bonds is 7. The fraction of sp³-hybridized carbons (Fsp3) is 0.414. The molecule has 172 valence electrons. The van der Waals surface area contributed by atoms with Crippen LogP contribution in [0.15, 0.2) is 77.2 Å². The van der Waals surface area contributed by atoms with Crippen LogP contribution in [0.3, 0.4) is 0 Å². The molecule has 1 heterocycles. The Morgan fingerprint density at radius 2 is 1.36 bits per heavy atom. The van der Waals surface area contributed by atoms with Gasteiger partial charge in [0.05, 0.1) is 10.6 Å². The van der Waals surface area contributed by atoms with Crippen LogP contribution in [0.5, 0.6) is 0 Å². The van der Waals surface area contributed by atoms with Gasteiger partial charge in [0, 0.05) is 27.8 Å². The Morgan fingerprint density at radius 3 is 2.03 bits per heavy atom. The first-order valence-electron chi connectivity index (χ1n) is 12.6. The quantitative estimate of drug-likeness (QED) is 0.340. The van der Waals surface area contributed by atoms with E-state index < -0.39 is 0 Å². The fourth-order valence-electron chi connectivity index (χ4n) is 4.95. The molecule has 0 radical (unpaired) electrons. The van der Waals surface area contributed by atoms with Gasteiger partial charge in [0.25, 0.3) is 0 Å². The molecule has 0 spiro atoms. The highest BCUT2D eigenvalue weighted by Gasteiger charge is 2.21. The van der Waals surface area contributed by atoms with Crippen molar-refractivity contribution in [2.45, 2.75) is 79.6 Å². The van der Waals surface area contributed by atoms with E-state index in [1.165, 1.54) is 85.9 Å². The van der Waals surface area contributed by atoms with Gasteiger partial charge < -0.3 is 0 Å². The van der Waals surface area contributed by atoms with Gasteiger partial charge in [-0.25, -0.2) is 4.68 Å². The molecule has 2 aromatic carbocycles. The van der Waals surface area contributed by atoms with Crippen molar-refractivity contribution in [1.29, 1.82) is 0 Å². The molecule has 2 saturated carbocycles. The van der Waals surface area contributed by atoms with Gasteiger partial charge in [-0.3, -0.25) is 0 Å². The molecule has 0 saturated heterocycles. The van der Waals surface area contributed by atoms with E-state index in [2.05, 4.69) is 77.0 Å². The summed E-state index contributed by atoms with van der Waals surface area (Å²) >= 11 is 4.06. The monoisotopic (exact) mass is 474 g/mol. The highest BCUT2D eigenvalue weighted by Crippen LogP contribution is 2.40. The Morgan fingerprint density at radius 1 is 0.758 bits per heavy atom. The smallest absolute Gasteiger partial charge is 0.106 e. The van der Waals surface area contributed by atoms with E-state index in [4.69, 9.17) is 5.10 Å². The first-order valence-corrected chi connectivity index (χ1v) is 14.4. The minimum atomic E-state index is 0.708.